The first-order valence-corrected chi connectivity index (χ1v) is 5.27. The Balaban J connectivity index is 2.27. The summed E-state index contributed by atoms with van der Waals surface area (Å²) in [5, 5.41) is 2.18. The number of carbonyl (C=O) groups excluding carboxylic acids is 2. The van der Waals surface area contributed by atoms with Crippen molar-refractivity contribution in [2.24, 2.45) is 5.92 Å². The summed E-state index contributed by atoms with van der Waals surface area (Å²) in [5.41, 5.74) is 0.386. The van der Waals surface area contributed by atoms with Crippen LogP contribution in [0.15, 0.2) is 18.2 Å². The van der Waals surface area contributed by atoms with Crippen LogP contribution in [0.1, 0.15) is 24.8 Å². The van der Waals surface area contributed by atoms with Gasteiger partial charge in [0.2, 0.25) is 11.8 Å². The predicted octanol–water partition coefficient (Wildman–Crippen LogP) is 1.73. The summed E-state index contributed by atoms with van der Waals surface area (Å²) in [5.74, 6) is -3.04. The number of imide groups is 1. The maximum absolute atomic E-state index is 13.0. The van der Waals surface area contributed by atoms with Gasteiger partial charge in [0.1, 0.15) is 11.6 Å². The average Bonchev–Trinajstić information content (AvgIpc) is 2.55. The van der Waals surface area contributed by atoms with Gasteiger partial charge in [0.25, 0.3) is 0 Å². The topological polar surface area (TPSA) is 46.2 Å². The van der Waals surface area contributed by atoms with Gasteiger partial charge in [-0.05, 0) is 23.6 Å². The SMILES string of the molecule is CC(c1cc(F)cc(F)c1)C1CC(=O)NC1=O. The summed E-state index contributed by atoms with van der Waals surface area (Å²) in [7, 11) is 0. The van der Waals surface area contributed by atoms with E-state index < -0.39 is 23.5 Å². The number of hydrogen-bond acceptors (Lipinski definition) is 2. The molecule has 5 heteroatoms. The zero-order chi connectivity index (χ0) is 12.6. The second kappa shape index (κ2) is 4.24. The second-order valence-electron chi connectivity index (χ2n) is 4.21. The van der Waals surface area contributed by atoms with Gasteiger partial charge >= 0.3 is 0 Å². The minimum atomic E-state index is -0.684. The molecule has 1 fully saturated rings. The van der Waals surface area contributed by atoms with Crippen LogP contribution in [0.4, 0.5) is 8.78 Å². The molecule has 17 heavy (non-hydrogen) atoms. The highest BCUT2D eigenvalue weighted by molar-refractivity contribution is 6.03. The van der Waals surface area contributed by atoms with Crippen LogP contribution in [0.25, 0.3) is 0 Å². The van der Waals surface area contributed by atoms with Crippen LogP contribution in [-0.2, 0) is 9.59 Å². The summed E-state index contributed by atoms with van der Waals surface area (Å²) < 4.78 is 26.1. The highest BCUT2D eigenvalue weighted by Crippen LogP contribution is 2.30. The van der Waals surface area contributed by atoms with Crippen LogP contribution < -0.4 is 5.32 Å². The minimum Gasteiger partial charge on any atom is -0.296 e. The maximum atomic E-state index is 13.0. The van der Waals surface area contributed by atoms with Crippen molar-refractivity contribution < 1.29 is 18.4 Å². The Morgan fingerprint density at radius 1 is 1.24 bits per heavy atom. The third-order valence-corrected chi connectivity index (χ3v) is 3.02. The van der Waals surface area contributed by atoms with E-state index in [1.165, 1.54) is 12.1 Å². The summed E-state index contributed by atoms with van der Waals surface area (Å²) in [4.78, 5) is 22.5. The smallest absolute Gasteiger partial charge is 0.230 e. The summed E-state index contributed by atoms with van der Waals surface area (Å²) >= 11 is 0. The van der Waals surface area contributed by atoms with Gasteiger partial charge in [-0.15, -0.1) is 0 Å². The minimum absolute atomic E-state index is 0.0676. The fraction of sp³-hybridized carbons (Fsp3) is 0.333. The van der Waals surface area contributed by atoms with Crippen molar-refractivity contribution in [2.45, 2.75) is 19.3 Å². The van der Waals surface area contributed by atoms with E-state index >= 15 is 0 Å². The molecule has 1 aromatic rings. The number of nitrogens with one attached hydrogen (secondary N) is 1. The molecule has 2 unspecified atom stereocenters. The van der Waals surface area contributed by atoms with Crippen LogP contribution in [0, 0.1) is 17.6 Å². The number of hydrogen-bond donors (Lipinski definition) is 1. The van der Waals surface area contributed by atoms with Crippen molar-refractivity contribution >= 4 is 11.8 Å². The van der Waals surface area contributed by atoms with Gasteiger partial charge in [-0.3, -0.25) is 14.9 Å². The number of amides is 2. The van der Waals surface area contributed by atoms with E-state index in [0.29, 0.717) is 5.56 Å². The largest absolute Gasteiger partial charge is 0.296 e. The lowest BCUT2D eigenvalue weighted by molar-refractivity contribution is -0.126. The van der Waals surface area contributed by atoms with Gasteiger partial charge in [0, 0.05) is 12.5 Å². The van der Waals surface area contributed by atoms with E-state index in [-0.39, 0.29) is 18.2 Å². The number of carbonyl (C=O) groups is 2. The van der Waals surface area contributed by atoms with Crippen molar-refractivity contribution in [3.05, 3.63) is 35.4 Å². The van der Waals surface area contributed by atoms with Gasteiger partial charge < -0.3 is 0 Å². The van der Waals surface area contributed by atoms with E-state index in [4.69, 9.17) is 0 Å². The van der Waals surface area contributed by atoms with Crippen LogP contribution >= 0.6 is 0 Å². The van der Waals surface area contributed by atoms with Crippen molar-refractivity contribution in [1.29, 1.82) is 0 Å². The molecular formula is C12H11F2NO2. The Morgan fingerprint density at radius 2 is 1.82 bits per heavy atom. The molecule has 1 heterocycles. The number of rotatable bonds is 2. The molecule has 1 aliphatic heterocycles. The second-order valence-corrected chi connectivity index (χ2v) is 4.21. The molecule has 1 N–H and O–H groups in total. The van der Waals surface area contributed by atoms with Gasteiger partial charge in [0.15, 0.2) is 0 Å². The molecule has 1 aliphatic rings. The molecule has 0 radical (unpaired) electrons. The lowest BCUT2D eigenvalue weighted by atomic mass is 9.86. The highest BCUT2D eigenvalue weighted by Gasteiger charge is 2.35. The van der Waals surface area contributed by atoms with Crippen molar-refractivity contribution in [3.63, 3.8) is 0 Å². The molecule has 1 saturated heterocycles. The molecule has 0 spiro atoms. The van der Waals surface area contributed by atoms with Gasteiger partial charge in [-0.2, -0.15) is 0 Å². The molecule has 3 nitrogen and oxygen atoms in total. The van der Waals surface area contributed by atoms with E-state index in [2.05, 4.69) is 5.32 Å². The lowest BCUT2D eigenvalue weighted by Gasteiger charge is -2.16. The Hall–Kier alpha value is -1.78. The Morgan fingerprint density at radius 3 is 2.29 bits per heavy atom. The first kappa shape index (κ1) is 11.7. The molecular weight excluding hydrogens is 228 g/mol. The standard InChI is InChI=1S/C12H11F2NO2/c1-6(10-5-11(16)15-12(10)17)7-2-8(13)4-9(14)3-7/h2-4,6,10H,5H2,1H3,(H,15,16,17). The third-order valence-electron chi connectivity index (χ3n) is 3.02. The Labute approximate surface area is 96.8 Å². The van der Waals surface area contributed by atoms with E-state index in [1.807, 2.05) is 0 Å². The normalized spacial score (nSPS) is 21.5. The summed E-state index contributed by atoms with van der Waals surface area (Å²) in [6.07, 6.45) is 0.0676. The zero-order valence-electron chi connectivity index (χ0n) is 9.17. The molecule has 90 valence electrons. The maximum Gasteiger partial charge on any atom is 0.230 e. The van der Waals surface area contributed by atoms with E-state index in [0.717, 1.165) is 6.07 Å². The van der Waals surface area contributed by atoms with E-state index in [1.54, 1.807) is 6.92 Å². The molecule has 0 bridgehead atoms. The zero-order valence-corrected chi connectivity index (χ0v) is 9.17. The Kier molecular flexibility index (Phi) is 2.92. The quantitative estimate of drug-likeness (QED) is 0.799. The molecule has 0 aliphatic carbocycles. The van der Waals surface area contributed by atoms with Crippen LogP contribution in [0.2, 0.25) is 0 Å². The van der Waals surface area contributed by atoms with Gasteiger partial charge in [-0.1, -0.05) is 6.92 Å². The molecule has 1 aromatic carbocycles. The summed E-state index contributed by atoms with van der Waals surface area (Å²) in [6.45, 7) is 1.68. The highest BCUT2D eigenvalue weighted by atomic mass is 19.1. The van der Waals surface area contributed by atoms with Crippen molar-refractivity contribution in [1.82, 2.24) is 5.32 Å². The monoisotopic (exact) mass is 239 g/mol. The molecule has 2 rings (SSSR count). The van der Waals surface area contributed by atoms with Crippen molar-refractivity contribution in [3.8, 4) is 0 Å². The third kappa shape index (κ3) is 2.33. The van der Waals surface area contributed by atoms with Gasteiger partial charge in [0.05, 0.1) is 5.92 Å². The molecule has 0 saturated carbocycles. The van der Waals surface area contributed by atoms with Crippen molar-refractivity contribution in [2.75, 3.05) is 0 Å². The molecule has 2 atom stereocenters. The molecule has 0 aromatic heterocycles. The lowest BCUT2D eigenvalue weighted by Crippen LogP contribution is -2.24. The van der Waals surface area contributed by atoms with Gasteiger partial charge in [-0.25, -0.2) is 8.78 Å². The summed E-state index contributed by atoms with van der Waals surface area (Å²) in [6, 6.07) is 3.14. The van der Waals surface area contributed by atoms with Crippen LogP contribution in [0.3, 0.4) is 0 Å². The number of benzene rings is 1. The Bertz CT molecular complexity index is 467. The van der Waals surface area contributed by atoms with Crippen LogP contribution in [-0.4, -0.2) is 11.8 Å². The fourth-order valence-corrected chi connectivity index (χ4v) is 2.05. The van der Waals surface area contributed by atoms with Crippen LogP contribution in [0.5, 0.6) is 0 Å². The molecule has 2 amide bonds. The average molecular weight is 239 g/mol. The van der Waals surface area contributed by atoms with E-state index in [9.17, 15) is 18.4 Å². The first-order valence-electron chi connectivity index (χ1n) is 5.27. The first-order chi connectivity index (χ1) is 7.97. The fourth-order valence-electron chi connectivity index (χ4n) is 2.05. The number of halogens is 2. The predicted molar refractivity (Wildman–Crippen MR) is 56.0 cm³/mol.